The minimum atomic E-state index is -0.185. The number of methoxy groups -OCH3 is 1. The van der Waals surface area contributed by atoms with Gasteiger partial charge in [-0.3, -0.25) is 9.78 Å². The number of benzene rings is 1. The molecule has 0 saturated heterocycles. The Balaban J connectivity index is 1.57. The number of carbonyl (C=O) groups excluding carboxylic acids is 1. The van der Waals surface area contributed by atoms with Gasteiger partial charge in [-0.15, -0.1) is 10.2 Å². The minimum absolute atomic E-state index is 0.185. The predicted molar refractivity (Wildman–Crippen MR) is 86.6 cm³/mol. The average Bonchev–Trinajstić information content (AvgIpc) is 3.11. The van der Waals surface area contributed by atoms with Gasteiger partial charge in [-0.1, -0.05) is 6.07 Å². The van der Waals surface area contributed by atoms with E-state index in [2.05, 4.69) is 20.5 Å². The summed E-state index contributed by atoms with van der Waals surface area (Å²) in [6, 6.07) is 10.8. The molecular weight excluding hydrogens is 308 g/mol. The van der Waals surface area contributed by atoms with E-state index in [0.29, 0.717) is 30.3 Å². The van der Waals surface area contributed by atoms with Gasteiger partial charge in [-0.25, -0.2) is 0 Å². The number of rotatable bonds is 6. The molecule has 0 radical (unpaired) electrons. The fourth-order valence-corrected chi connectivity index (χ4v) is 2.11. The first-order chi connectivity index (χ1) is 11.8. The van der Waals surface area contributed by atoms with Crippen molar-refractivity contribution in [3.8, 4) is 17.2 Å². The number of carbonyl (C=O) groups is 1. The normalized spacial score (nSPS) is 10.4. The molecule has 7 nitrogen and oxygen atoms in total. The number of aromatic nitrogens is 3. The van der Waals surface area contributed by atoms with E-state index in [9.17, 15) is 4.79 Å². The summed E-state index contributed by atoms with van der Waals surface area (Å²) in [6.45, 7) is 0.396. The van der Waals surface area contributed by atoms with Gasteiger partial charge in [0, 0.05) is 30.9 Å². The highest BCUT2D eigenvalue weighted by Gasteiger charge is 2.10. The molecule has 0 aliphatic carbocycles. The SMILES string of the molecule is COc1cccc(-c2nnc(CCNC(=O)c3cccnc3)o2)c1. The summed E-state index contributed by atoms with van der Waals surface area (Å²) >= 11 is 0. The highest BCUT2D eigenvalue weighted by atomic mass is 16.5. The van der Waals surface area contributed by atoms with Gasteiger partial charge < -0.3 is 14.5 Å². The zero-order chi connectivity index (χ0) is 16.8. The molecule has 122 valence electrons. The van der Waals surface area contributed by atoms with Crippen LogP contribution in [0.15, 0.2) is 53.2 Å². The van der Waals surface area contributed by atoms with Crippen LogP contribution < -0.4 is 10.1 Å². The maximum absolute atomic E-state index is 11.9. The summed E-state index contributed by atoms with van der Waals surface area (Å²) in [5, 5.41) is 10.8. The van der Waals surface area contributed by atoms with Crippen molar-refractivity contribution in [1.29, 1.82) is 0 Å². The molecular formula is C17H16N4O3. The van der Waals surface area contributed by atoms with Crippen LogP contribution in [0.5, 0.6) is 5.75 Å². The summed E-state index contributed by atoms with van der Waals surface area (Å²) in [4.78, 5) is 15.8. The van der Waals surface area contributed by atoms with Crippen molar-refractivity contribution in [3.05, 3.63) is 60.2 Å². The topological polar surface area (TPSA) is 90.1 Å². The van der Waals surface area contributed by atoms with Crippen LogP contribution in [0.2, 0.25) is 0 Å². The van der Waals surface area contributed by atoms with E-state index < -0.39 is 0 Å². The molecule has 1 N–H and O–H groups in total. The van der Waals surface area contributed by atoms with Crippen LogP contribution in [0.1, 0.15) is 16.2 Å². The van der Waals surface area contributed by atoms with E-state index in [1.807, 2.05) is 24.3 Å². The maximum Gasteiger partial charge on any atom is 0.252 e. The summed E-state index contributed by atoms with van der Waals surface area (Å²) in [5.41, 5.74) is 1.30. The van der Waals surface area contributed by atoms with Crippen molar-refractivity contribution >= 4 is 5.91 Å². The Bertz CT molecular complexity index is 817. The number of ether oxygens (including phenoxy) is 1. The third-order valence-corrected chi connectivity index (χ3v) is 3.33. The van der Waals surface area contributed by atoms with Gasteiger partial charge in [0.1, 0.15) is 5.75 Å². The molecule has 1 amide bonds. The molecule has 0 aliphatic rings. The largest absolute Gasteiger partial charge is 0.497 e. The molecule has 0 bridgehead atoms. The number of amides is 1. The molecule has 0 fully saturated rings. The van der Waals surface area contributed by atoms with E-state index in [4.69, 9.17) is 9.15 Å². The lowest BCUT2D eigenvalue weighted by Crippen LogP contribution is -2.25. The Hall–Kier alpha value is -3.22. The van der Waals surface area contributed by atoms with E-state index in [1.165, 1.54) is 6.20 Å². The molecule has 3 rings (SSSR count). The van der Waals surface area contributed by atoms with Crippen molar-refractivity contribution < 1.29 is 13.9 Å². The summed E-state index contributed by atoms with van der Waals surface area (Å²) < 4.78 is 10.8. The third kappa shape index (κ3) is 3.75. The molecule has 0 spiro atoms. The van der Waals surface area contributed by atoms with Crippen molar-refractivity contribution in [2.45, 2.75) is 6.42 Å². The van der Waals surface area contributed by atoms with E-state index in [1.54, 1.807) is 25.4 Å². The van der Waals surface area contributed by atoms with Crippen molar-refractivity contribution in [2.75, 3.05) is 13.7 Å². The summed E-state index contributed by atoms with van der Waals surface area (Å²) in [6.07, 6.45) is 3.58. The Morgan fingerprint density at radius 3 is 2.96 bits per heavy atom. The Morgan fingerprint density at radius 1 is 1.25 bits per heavy atom. The van der Waals surface area contributed by atoms with Gasteiger partial charge >= 0.3 is 0 Å². The molecule has 0 atom stereocenters. The lowest BCUT2D eigenvalue weighted by molar-refractivity contribution is 0.0953. The summed E-state index contributed by atoms with van der Waals surface area (Å²) in [5.74, 6) is 1.41. The van der Waals surface area contributed by atoms with Crippen molar-refractivity contribution in [1.82, 2.24) is 20.5 Å². The molecule has 2 heterocycles. The Kier molecular flexibility index (Phi) is 4.81. The maximum atomic E-state index is 11.9. The standard InChI is InChI=1S/C17H16N4O3/c1-23-14-6-2-4-12(10-14)17-21-20-15(24-17)7-9-19-16(22)13-5-3-8-18-11-13/h2-6,8,10-11H,7,9H2,1H3,(H,19,22). The Morgan fingerprint density at radius 2 is 2.17 bits per heavy atom. The second kappa shape index (κ2) is 7.36. The first kappa shape index (κ1) is 15.7. The predicted octanol–water partition coefficient (Wildman–Crippen LogP) is 2.11. The van der Waals surface area contributed by atoms with Gasteiger partial charge in [0.15, 0.2) is 0 Å². The molecule has 3 aromatic rings. The fraction of sp³-hybridized carbons (Fsp3) is 0.176. The number of nitrogens with one attached hydrogen (secondary N) is 1. The number of pyridine rings is 1. The molecule has 7 heteroatoms. The van der Waals surface area contributed by atoms with Gasteiger partial charge in [-0.05, 0) is 30.3 Å². The molecule has 2 aromatic heterocycles. The molecule has 0 unspecified atom stereocenters. The molecule has 0 aliphatic heterocycles. The quantitative estimate of drug-likeness (QED) is 0.747. The number of hydrogen-bond acceptors (Lipinski definition) is 6. The lowest BCUT2D eigenvalue weighted by atomic mass is 10.2. The van der Waals surface area contributed by atoms with Gasteiger partial charge in [-0.2, -0.15) is 0 Å². The Labute approximate surface area is 138 Å². The summed E-state index contributed by atoms with van der Waals surface area (Å²) in [7, 11) is 1.60. The smallest absolute Gasteiger partial charge is 0.252 e. The zero-order valence-electron chi connectivity index (χ0n) is 13.1. The van der Waals surface area contributed by atoms with Gasteiger partial charge in [0.05, 0.1) is 12.7 Å². The second-order valence-electron chi connectivity index (χ2n) is 4.98. The van der Waals surface area contributed by atoms with E-state index in [-0.39, 0.29) is 5.91 Å². The van der Waals surface area contributed by atoms with Crippen LogP contribution in [-0.4, -0.2) is 34.7 Å². The second-order valence-corrected chi connectivity index (χ2v) is 4.98. The number of nitrogens with zero attached hydrogens (tertiary/aromatic N) is 3. The molecule has 0 saturated carbocycles. The van der Waals surface area contributed by atoms with Crippen molar-refractivity contribution in [3.63, 3.8) is 0 Å². The molecule has 24 heavy (non-hydrogen) atoms. The van der Waals surface area contributed by atoms with E-state index in [0.717, 1.165) is 11.3 Å². The monoisotopic (exact) mass is 324 g/mol. The van der Waals surface area contributed by atoms with E-state index >= 15 is 0 Å². The highest BCUT2D eigenvalue weighted by molar-refractivity contribution is 5.93. The van der Waals surface area contributed by atoms with Crippen LogP contribution in [0, 0.1) is 0 Å². The van der Waals surface area contributed by atoms with Crippen LogP contribution in [-0.2, 0) is 6.42 Å². The number of hydrogen-bond donors (Lipinski definition) is 1. The first-order valence-electron chi connectivity index (χ1n) is 7.41. The zero-order valence-corrected chi connectivity index (χ0v) is 13.1. The van der Waals surface area contributed by atoms with Crippen molar-refractivity contribution in [2.24, 2.45) is 0 Å². The van der Waals surface area contributed by atoms with Gasteiger partial charge in [0.2, 0.25) is 11.8 Å². The average molecular weight is 324 g/mol. The van der Waals surface area contributed by atoms with Crippen LogP contribution in [0.4, 0.5) is 0 Å². The molecule has 1 aromatic carbocycles. The minimum Gasteiger partial charge on any atom is -0.497 e. The van der Waals surface area contributed by atoms with Crippen LogP contribution in [0.25, 0.3) is 11.5 Å². The third-order valence-electron chi connectivity index (χ3n) is 3.33. The fourth-order valence-electron chi connectivity index (χ4n) is 2.11. The highest BCUT2D eigenvalue weighted by Crippen LogP contribution is 2.22. The van der Waals surface area contributed by atoms with Crippen LogP contribution in [0.3, 0.4) is 0 Å². The van der Waals surface area contributed by atoms with Crippen LogP contribution >= 0.6 is 0 Å². The van der Waals surface area contributed by atoms with Gasteiger partial charge in [0.25, 0.3) is 5.91 Å². The first-order valence-corrected chi connectivity index (χ1v) is 7.41. The lowest BCUT2D eigenvalue weighted by Gasteiger charge is -2.02.